The number of urea groups is 1. The first kappa shape index (κ1) is 20.2. The summed E-state index contributed by atoms with van der Waals surface area (Å²) in [6.45, 7) is 9.58. The maximum atomic E-state index is 12.1. The Morgan fingerprint density at radius 2 is 1.64 bits per heavy atom. The van der Waals surface area contributed by atoms with Crippen LogP contribution < -0.4 is 10.6 Å². The first-order valence-electron chi connectivity index (χ1n) is 7.47. The van der Waals surface area contributed by atoms with E-state index in [1.54, 1.807) is 0 Å². The molecular weight excluding hydrogens is 300 g/mol. The zero-order valence-electron chi connectivity index (χ0n) is 13.8. The van der Waals surface area contributed by atoms with Gasteiger partial charge in [0.2, 0.25) is 0 Å². The molecule has 124 valence electrons. The maximum absolute atomic E-state index is 12.1. The van der Waals surface area contributed by atoms with Gasteiger partial charge in [0.05, 0.1) is 0 Å². The van der Waals surface area contributed by atoms with Crippen molar-refractivity contribution < 1.29 is 4.79 Å². The van der Waals surface area contributed by atoms with E-state index >= 15 is 0 Å². The third kappa shape index (κ3) is 5.93. The molecule has 3 N–H and O–H groups in total. The van der Waals surface area contributed by atoms with E-state index in [-0.39, 0.29) is 24.4 Å². The van der Waals surface area contributed by atoms with Crippen LogP contribution in [-0.4, -0.2) is 30.0 Å². The van der Waals surface area contributed by atoms with Crippen molar-refractivity contribution in [2.75, 3.05) is 18.4 Å². The number of carbonyl (C=O) groups excluding carboxylic acids is 1. The predicted molar refractivity (Wildman–Crippen MR) is 95.2 cm³/mol. The SMILES string of the molecule is CCCN(CCC)C(=N)NC(=O)Nc1c(C)cccc1C.Cl. The quantitative estimate of drug-likeness (QED) is 0.567. The van der Waals surface area contributed by atoms with Gasteiger partial charge in [-0.1, -0.05) is 32.0 Å². The van der Waals surface area contributed by atoms with E-state index in [0.29, 0.717) is 0 Å². The standard InChI is InChI=1S/C16H26N4O.ClH/c1-5-10-20(11-6-2)15(17)19-16(21)18-14-12(3)8-7-9-13(14)4;/h7-9H,5-6,10-11H2,1-4H3,(H3,17,18,19,21);1H. The summed E-state index contributed by atoms with van der Waals surface area (Å²) in [5.74, 6) is 0.155. The Kier molecular flexibility index (Phi) is 9.26. The van der Waals surface area contributed by atoms with Crippen molar-refractivity contribution in [3.63, 3.8) is 0 Å². The van der Waals surface area contributed by atoms with E-state index in [1.807, 2.05) is 36.9 Å². The fourth-order valence-corrected chi connectivity index (χ4v) is 2.22. The van der Waals surface area contributed by atoms with Crippen molar-refractivity contribution in [2.45, 2.75) is 40.5 Å². The fraction of sp³-hybridized carbons (Fsp3) is 0.500. The number of aryl methyl sites for hydroxylation is 2. The highest BCUT2D eigenvalue weighted by atomic mass is 35.5. The first-order valence-corrected chi connectivity index (χ1v) is 7.47. The lowest BCUT2D eigenvalue weighted by atomic mass is 10.1. The number of nitrogens with zero attached hydrogens (tertiary/aromatic N) is 1. The van der Waals surface area contributed by atoms with E-state index in [1.165, 1.54) is 0 Å². The number of amides is 2. The molecule has 0 aliphatic carbocycles. The maximum Gasteiger partial charge on any atom is 0.326 e. The summed E-state index contributed by atoms with van der Waals surface area (Å²) in [7, 11) is 0. The van der Waals surface area contributed by atoms with Crippen LogP contribution in [0.25, 0.3) is 0 Å². The second-order valence-corrected chi connectivity index (χ2v) is 5.18. The predicted octanol–water partition coefficient (Wildman–Crippen LogP) is 3.90. The van der Waals surface area contributed by atoms with Gasteiger partial charge in [0.25, 0.3) is 0 Å². The van der Waals surface area contributed by atoms with Gasteiger partial charge in [0.15, 0.2) is 5.96 Å². The lowest BCUT2D eigenvalue weighted by Gasteiger charge is -2.24. The van der Waals surface area contributed by atoms with Gasteiger partial charge in [0, 0.05) is 18.8 Å². The molecule has 22 heavy (non-hydrogen) atoms. The number of halogens is 1. The largest absolute Gasteiger partial charge is 0.343 e. The Bertz CT molecular complexity index is 479. The summed E-state index contributed by atoms with van der Waals surface area (Å²) in [4.78, 5) is 13.9. The molecule has 2 amide bonds. The number of hydrogen-bond acceptors (Lipinski definition) is 2. The number of rotatable bonds is 5. The van der Waals surface area contributed by atoms with Gasteiger partial charge in [-0.15, -0.1) is 12.4 Å². The summed E-state index contributed by atoms with van der Waals surface area (Å²) < 4.78 is 0. The van der Waals surface area contributed by atoms with Crippen molar-refractivity contribution >= 4 is 30.1 Å². The van der Waals surface area contributed by atoms with E-state index < -0.39 is 0 Å². The van der Waals surface area contributed by atoms with Gasteiger partial charge in [0.1, 0.15) is 0 Å². The van der Waals surface area contributed by atoms with E-state index in [2.05, 4.69) is 24.5 Å². The molecule has 0 spiro atoms. The number of carbonyl (C=O) groups is 1. The minimum atomic E-state index is -0.366. The number of anilines is 1. The third-order valence-corrected chi connectivity index (χ3v) is 3.25. The molecule has 0 aromatic heterocycles. The molecule has 0 saturated heterocycles. The molecule has 1 aromatic rings. The van der Waals surface area contributed by atoms with Crippen molar-refractivity contribution in [1.82, 2.24) is 10.2 Å². The molecule has 0 bridgehead atoms. The molecule has 0 aliphatic rings. The highest BCUT2D eigenvalue weighted by Crippen LogP contribution is 2.18. The monoisotopic (exact) mass is 326 g/mol. The highest BCUT2D eigenvalue weighted by molar-refractivity contribution is 6.02. The molecule has 5 nitrogen and oxygen atoms in total. The van der Waals surface area contributed by atoms with Gasteiger partial charge in [-0.05, 0) is 37.8 Å². The highest BCUT2D eigenvalue weighted by Gasteiger charge is 2.12. The number of nitrogens with one attached hydrogen (secondary N) is 3. The zero-order valence-corrected chi connectivity index (χ0v) is 14.6. The van der Waals surface area contributed by atoms with Crippen molar-refractivity contribution in [3.8, 4) is 0 Å². The lowest BCUT2D eigenvalue weighted by Crippen LogP contribution is -2.45. The van der Waals surface area contributed by atoms with Crippen LogP contribution in [0.4, 0.5) is 10.5 Å². The van der Waals surface area contributed by atoms with E-state index in [0.717, 1.165) is 42.7 Å². The fourth-order valence-electron chi connectivity index (χ4n) is 2.22. The minimum Gasteiger partial charge on any atom is -0.343 e. The van der Waals surface area contributed by atoms with Crippen LogP contribution in [0.15, 0.2) is 18.2 Å². The Hall–Kier alpha value is -1.75. The van der Waals surface area contributed by atoms with Crippen LogP contribution in [0.5, 0.6) is 0 Å². The molecule has 1 rings (SSSR count). The molecule has 0 saturated carbocycles. The Morgan fingerprint density at radius 3 is 2.09 bits per heavy atom. The van der Waals surface area contributed by atoms with Crippen molar-refractivity contribution in [1.29, 1.82) is 5.41 Å². The molecule has 0 unspecified atom stereocenters. The average molecular weight is 327 g/mol. The second kappa shape index (κ2) is 10.1. The van der Waals surface area contributed by atoms with E-state index in [9.17, 15) is 4.79 Å². The molecule has 0 atom stereocenters. The molecular formula is C16H27ClN4O. The third-order valence-electron chi connectivity index (χ3n) is 3.25. The first-order chi connectivity index (χ1) is 9.99. The molecule has 0 aliphatic heterocycles. The summed E-state index contributed by atoms with van der Waals surface area (Å²) in [6, 6.07) is 5.50. The van der Waals surface area contributed by atoms with Crippen LogP contribution in [0.2, 0.25) is 0 Å². The molecule has 6 heteroatoms. The number of hydrogen-bond donors (Lipinski definition) is 3. The van der Waals surface area contributed by atoms with E-state index in [4.69, 9.17) is 5.41 Å². The molecule has 1 aromatic carbocycles. The van der Waals surface area contributed by atoms with Crippen LogP contribution in [0.3, 0.4) is 0 Å². The summed E-state index contributed by atoms with van der Waals surface area (Å²) in [5, 5.41) is 13.5. The number of guanidine groups is 1. The van der Waals surface area contributed by atoms with Gasteiger partial charge in [-0.25, -0.2) is 4.79 Å². The zero-order chi connectivity index (χ0) is 15.8. The Morgan fingerprint density at radius 1 is 1.14 bits per heavy atom. The van der Waals surface area contributed by atoms with Gasteiger partial charge < -0.3 is 10.2 Å². The molecule has 0 radical (unpaired) electrons. The second-order valence-electron chi connectivity index (χ2n) is 5.18. The topological polar surface area (TPSA) is 68.2 Å². The smallest absolute Gasteiger partial charge is 0.326 e. The molecule has 0 fully saturated rings. The summed E-state index contributed by atoms with van der Waals surface area (Å²) in [6.07, 6.45) is 1.89. The molecule has 0 heterocycles. The lowest BCUT2D eigenvalue weighted by molar-refractivity contribution is 0.254. The summed E-state index contributed by atoms with van der Waals surface area (Å²) in [5.41, 5.74) is 2.83. The minimum absolute atomic E-state index is 0. The van der Waals surface area contributed by atoms with Gasteiger partial charge in [-0.2, -0.15) is 0 Å². The van der Waals surface area contributed by atoms with Crippen LogP contribution in [-0.2, 0) is 0 Å². The van der Waals surface area contributed by atoms with Crippen molar-refractivity contribution in [2.24, 2.45) is 0 Å². The average Bonchev–Trinajstić information content (AvgIpc) is 2.42. The number of para-hydroxylation sites is 1. The Labute approximate surface area is 139 Å². The van der Waals surface area contributed by atoms with Crippen molar-refractivity contribution in [3.05, 3.63) is 29.3 Å². The van der Waals surface area contributed by atoms with Crippen LogP contribution in [0.1, 0.15) is 37.8 Å². The Balaban J connectivity index is 0.00000441. The van der Waals surface area contributed by atoms with Crippen LogP contribution in [0, 0.1) is 19.3 Å². The number of benzene rings is 1. The normalized spacial score (nSPS) is 9.64. The van der Waals surface area contributed by atoms with Crippen LogP contribution >= 0.6 is 12.4 Å². The van der Waals surface area contributed by atoms with Gasteiger partial charge in [-0.3, -0.25) is 10.7 Å². The summed E-state index contributed by atoms with van der Waals surface area (Å²) >= 11 is 0. The van der Waals surface area contributed by atoms with Gasteiger partial charge >= 0.3 is 6.03 Å².